The van der Waals surface area contributed by atoms with Crippen molar-refractivity contribution < 1.29 is 14.2 Å². The molecule has 0 fully saturated rings. The molecule has 166 valence electrons. The molecular weight excluding hydrogens is 388 g/mol. The third kappa shape index (κ3) is 5.53. The van der Waals surface area contributed by atoms with Crippen LogP contribution in [0.3, 0.4) is 0 Å². The van der Waals surface area contributed by atoms with Crippen LogP contribution in [0.1, 0.15) is 51.7 Å². The quantitative estimate of drug-likeness (QED) is 0.390. The van der Waals surface area contributed by atoms with E-state index in [0.717, 1.165) is 40.8 Å². The molecule has 5 heteroatoms. The number of unbranched alkanes of at least 4 members (excludes halogenated alkanes) is 1. The average Bonchev–Trinajstić information content (AvgIpc) is 2.73. The van der Waals surface area contributed by atoms with Crippen molar-refractivity contribution in [2.45, 2.75) is 52.9 Å². The molecule has 0 bridgehead atoms. The number of benzene rings is 1. The first-order valence-electron chi connectivity index (χ1n) is 11.0. The minimum Gasteiger partial charge on any atom is -0.493 e. The molecule has 1 aromatic carbocycles. The van der Waals surface area contributed by atoms with E-state index in [2.05, 4.69) is 57.8 Å². The highest BCUT2D eigenvalue weighted by atomic mass is 16.5. The first-order chi connectivity index (χ1) is 14.8. The van der Waals surface area contributed by atoms with Crippen LogP contribution in [-0.4, -0.2) is 36.9 Å². The summed E-state index contributed by atoms with van der Waals surface area (Å²) in [6.45, 7) is 12.5. The molecule has 0 unspecified atom stereocenters. The predicted octanol–water partition coefficient (Wildman–Crippen LogP) is 6.11. The third-order valence-electron chi connectivity index (χ3n) is 5.30. The number of aryl methyl sites for hydroxylation is 1. The van der Waals surface area contributed by atoms with Crippen molar-refractivity contribution in [1.29, 1.82) is 0 Å². The Labute approximate surface area is 185 Å². The molecule has 0 amide bonds. The second kappa shape index (κ2) is 10.1. The summed E-state index contributed by atoms with van der Waals surface area (Å²) < 4.78 is 17.2. The summed E-state index contributed by atoms with van der Waals surface area (Å²) in [6.07, 6.45) is 3.78. The van der Waals surface area contributed by atoms with Gasteiger partial charge in [-0.05, 0) is 36.0 Å². The lowest BCUT2D eigenvalue weighted by atomic mass is 9.85. The fourth-order valence-electron chi connectivity index (χ4n) is 3.44. The van der Waals surface area contributed by atoms with E-state index in [4.69, 9.17) is 19.2 Å². The van der Waals surface area contributed by atoms with Crippen molar-refractivity contribution in [3.63, 3.8) is 0 Å². The van der Waals surface area contributed by atoms with Gasteiger partial charge in [0, 0.05) is 24.9 Å². The molecule has 0 aliphatic heterocycles. The van der Waals surface area contributed by atoms with Crippen molar-refractivity contribution in [1.82, 2.24) is 9.97 Å². The number of fused-ring (bicyclic) bond motifs is 1. The normalized spacial score (nSPS) is 11.7. The molecule has 0 saturated carbocycles. The number of rotatable bonds is 9. The molecule has 2 heterocycles. The number of aromatic nitrogens is 2. The molecular formula is C26H34N2O3. The topological polar surface area (TPSA) is 53.5 Å². The molecule has 2 aromatic heterocycles. The second-order valence-electron chi connectivity index (χ2n) is 8.84. The molecule has 0 aliphatic rings. The van der Waals surface area contributed by atoms with Gasteiger partial charge in [0.05, 0.1) is 24.4 Å². The Morgan fingerprint density at radius 2 is 1.77 bits per heavy atom. The first-order valence-corrected chi connectivity index (χ1v) is 11.0. The van der Waals surface area contributed by atoms with Crippen LogP contribution >= 0.6 is 0 Å². The van der Waals surface area contributed by atoms with Crippen molar-refractivity contribution in [2.75, 3.05) is 26.9 Å². The van der Waals surface area contributed by atoms with Crippen LogP contribution in [0.4, 0.5) is 0 Å². The van der Waals surface area contributed by atoms with Gasteiger partial charge in [-0.15, -0.1) is 0 Å². The Bertz CT molecular complexity index is 1030. The van der Waals surface area contributed by atoms with Crippen molar-refractivity contribution in [3.05, 3.63) is 47.7 Å². The highest BCUT2D eigenvalue weighted by Gasteiger charge is 2.18. The van der Waals surface area contributed by atoms with E-state index in [-0.39, 0.29) is 5.41 Å². The van der Waals surface area contributed by atoms with Crippen LogP contribution in [0, 0.1) is 6.92 Å². The molecule has 3 aromatic rings. The maximum absolute atomic E-state index is 6.20. The Morgan fingerprint density at radius 1 is 0.968 bits per heavy atom. The molecule has 0 N–H and O–H groups in total. The lowest BCUT2D eigenvalue weighted by Crippen LogP contribution is -2.11. The Kier molecular flexibility index (Phi) is 7.50. The molecule has 31 heavy (non-hydrogen) atoms. The van der Waals surface area contributed by atoms with E-state index in [1.807, 2.05) is 12.1 Å². The minimum atomic E-state index is 0.106. The molecule has 3 rings (SSSR count). The van der Waals surface area contributed by atoms with Gasteiger partial charge in [0.2, 0.25) is 5.88 Å². The van der Waals surface area contributed by atoms with Crippen LogP contribution in [0.15, 0.2) is 36.5 Å². The standard InChI is InChI=1S/C26H34N2O3/c1-7-8-13-30-23-17-22(20-10-9-19(16-18(20)2)26(3,4)5)28-21-11-12-27-25(24(21)23)31-15-14-29-6/h9-12,16-17H,7-8,13-15H2,1-6H3. The summed E-state index contributed by atoms with van der Waals surface area (Å²) in [5.74, 6) is 1.29. The van der Waals surface area contributed by atoms with Gasteiger partial charge < -0.3 is 14.2 Å². The summed E-state index contributed by atoms with van der Waals surface area (Å²) in [7, 11) is 1.65. The smallest absolute Gasteiger partial charge is 0.226 e. The average molecular weight is 423 g/mol. The van der Waals surface area contributed by atoms with Crippen molar-refractivity contribution in [3.8, 4) is 22.9 Å². The third-order valence-corrected chi connectivity index (χ3v) is 5.30. The van der Waals surface area contributed by atoms with Gasteiger partial charge >= 0.3 is 0 Å². The monoisotopic (exact) mass is 422 g/mol. The summed E-state index contributed by atoms with van der Waals surface area (Å²) in [5.41, 5.74) is 5.43. The van der Waals surface area contributed by atoms with Gasteiger partial charge in [0.1, 0.15) is 17.7 Å². The van der Waals surface area contributed by atoms with Gasteiger partial charge in [0.25, 0.3) is 0 Å². The van der Waals surface area contributed by atoms with Crippen molar-refractivity contribution >= 4 is 10.9 Å². The largest absolute Gasteiger partial charge is 0.493 e. The van der Waals surface area contributed by atoms with Crippen LogP contribution in [0.2, 0.25) is 0 Å². The van der Waals surface area contributed by atoms with Crippen LogP contribution < -0.4 is 9.47 Å². The number of hydrogen-bond donors (Lipinski definition) is 0. The molecule has 0 aliphatic carbocycles. The Hall–Kier alpha value is -2.66. The summed E-state index contributed by atoms with van der Waals surface area (Å²) in [6, 6.07) is 10.5. The van der Waals surface area contributed by atoms with E-state index >= 15 is 0 Å². The van der Waals surface area contributed by atoms with Crippen LogP contribution in [-0.2, 0) is 10.2 Å². The maximum atomic E-state index is 6.20. The van der Waals surface area contributed by atoms with Crippen LogP contribution in [0.5, 0.6) is 11.6 Å². The molecule has 0 atom stereocenters. The SMILES string of the molecule is CCCCOc1cc(-c2ccc(C(C)(C)C)cc2C)nc2ccnc(OCCOC)c12. The van der Waals surface area contributed by atoms with E-state index in [0.29, 0.717) is 25.7 Å². The summed E-state index contributed by atoms with van der Waals surface area (Å²) >= 11 is 0. The molecule has 0 spiro atoms. The summed E-state index contributed by atoms with van der Waals surface area (Å²) in [4.78, 5) is 9.37. The summed E-state index contributed by atoms with van der Waals surface area (Å²) in [5, 5.41) is 0.808. The number of nitrogens with zero attached hydrogens (tertiary/aromatic N) is 2. The highest BCUT2D eigenvalue weighted by molar-refractivity contribution is 5.92. The lowest BCUT2D eigenvalue weighted by Gasteiger charge is -2.21. The van der Waals surface area contributed by atoms with Gasteiger partial charge in [0.15, 0.2) is 0 Å². The van der Waals surface area contributed by atoms with E-state index < -0.39 is 0 Å². The number of ether oxygens (including phenoxy) is 3. The van der Waals surface area contributed by atoms with Crippen molar-refractivity contribution in [2.24, 2.45) is 0 Å². The first kappa shape index (κ1) is 23.0. The Balaban J connectivity index is 2.09. The molecule has 0 saturated heterocycles. The Morgan fingerprint density at radius 3 is 2.45 bits per heavy atom. The zero-order valence-electron chi connectivity index (χ0n) is 19.6. The fraction of sp³-hybridized carbons (Fsp3) is 0.462. The molecule has 5 nitrogen and oxygen atoms in total. The fourth-order valence-corrected chi connectivity index (χ4v) is 3.44. The lowest BCUT2D eigenvalue weighted by molar-refractivity contribution is 0.144. The minimum absolute atomic E-state index is 0.106. The van der Waals surface area contributed by atoms with Gasteiger partial charge in [-0.1, -0.05) is 52.3 Å². The maximum Gasteiger partial charge on any atom is 0.226 e. The predicted molar refractivity (Wildman–Crippen MR) is 126 cm³/mol. The van der Waals surface area contributed by atoms with Gasteiger partial charge in [-0.3, -0.25) is 0 Å². The number of hydrogen-bond acceptors (Lipinski definition) is 5. The number of methoxy groups -OCH3 is 1. The van der Waals surface area contributed by atoms with Gasteiger partial charge in [-0.25, -0.2) is 9.97 Å². The van der Waals surface area contributed by atoms with E-state index in [1.54, 1.807) is 13.3 Å². The highest BCUT2D eigenvalue weighted by Crippen LogP contribution is 2.37. The van der Waals surface area contributed by atoms with Crippen LogP contribution in [0.25, 0.3) is 22.2 Å². The van der Waals surface area contributed by atoms with Gasteiger partial charge in [-0.2, -0.15) is 0 Å². The van der Waals surface area contributed by atoms with E-state index in [1.165, 1.54) is 11.1 Å². The zero-order valence-corrected chi connectivity index (χ0v) is 19.6. The molecule has 0 radical (unpaired) electrons. The number of pyridine rings is 2. The zero-order chi connectivity index (χ0) is 22.4. The van der Waals surface area contributed by atoms with E-state index in [9.17, 15) is 0 Å². The second-order valence-corrected chi connectivity index (χ2v) is 8.84.